The Bertz CT molecular complexity index is 1470. The lowest BCUT2D eigenvalue weighted by atomic mass is 10.0. The molecular formula is C26H23Cl2N3O4. The highest BCUT2D eigenvalue weighted by atomic mass is 35.5. The van der Waals surface area contributed by atoms with Crippen LogP contribution in [0, 0.1) is 5.92 Å². The Hall–Kier alpha value is -2.74. The molecule has 1 saturated heterocycles. The zero-order valence-corrected chi connectivity index (χ0v) is 20.3. The van der Waals surface area contributed by atoms with Gasteiger partial charge in [-0.15, -0.1) is 0 Å². The van der Waals surface area contributed by atoms with Crippen molar-refractivity contribution in [3.63, 3.8) is 0 Å². The summed E-state index contributed by atoms with van der Waals surface area (Å²) >= 11 is 13.0. The molecule has 0 radical (unpaired) electrons. The predicted molar refractivity (Wildman–Crippen MR) is 133 cm³/mol. The van der Waals surface area contributed by atoms with Crippen LogP contribution >= 0.6 is 23.2 Å². The van der Waals surface area contributed by atoms with Gasteiger partial charge in [-0.25, -0.2) is 4.79 Å². The molecule has 2 aliphatic carbocycles. The van der Waals surface area contributed by atoms with Crippen molar-refractivity contribution < 1.29 is 13.7 Å². The fraction of sp³-hybridized carbons (Fsp3) is 0.385. The molecule has 2 saturated carbocycles. The van der Waals surface area contributed by atoms with Crippen molar-refractivity contribution in [3.8, 4) is 11.3 Å². The Balaban J connectivity index is 1.10. The zero-order valence-electron chi connectivity index (χ0n) is 18.8. The first kappa shape index (κ1) is 21.5. The summed E-state index contributed by atoms with van der Waals surface area (Å²) in [5.41, 5.74) is 4.78. The lowest BCUT2D eigenvalue weighted by Gasteiger charge is -2.33. The number of fused-ring (bicyclic) bond motifs is 3. The molecular weight excluding hydrogens is 489 g/mol. The van der Waals surface area contributed by atoms with E-state index in [9.17, 15) is 4.79 Å². The average Bonchev–Trinajstić information content (AvgIpc) is 3.16. The Morgan fingerprint density at radius 3 is 2.71 bits per heavy atom. The van der Waals surface area contributed by atoms with E-state index in [1.165, 1.54) is 0 Å². The summed E-state index contributed by atoms with van der Waals surface area (Å²) in [6, 6.07) is 11.7. The monoisotopic (exact) mass is 511 g/mol. The minimum Gasteiger partial charge on any atom is -0.408 e. The molecule has 2 aromatic heterocycles. The Morgan fingerprint density at radius 1 is 1.14 bits per heavy atom. The number of nitrogens with one attached hydrogen (secondary N) is 1. The molecule has 3 heterocycles. The second-order valence-electron chi connectivity index (χ2n) is 9.83. The quantitative estimate of drug-likeness (QED) is 0.334. The summed E-state index contributed by atoms with van der Waals surface area (Å²) < 4.78 is 17.4. The van der Waals surface area contributed by atoms with Crippen LogP contribution in [0.3, 0.4) is 0 Å². The first-order valence-electron chi connectivity index (χ1n) is 12.0. The van der Waals surface area contributed by atoms with E-state index in [0.29, 0.717) is 51.4 Å². The van der Waals surface area contributed by atoms with Gasteiger partial charge in [0.15, 0.2) is 5.58 Å². The Kier molecular flexibility index (Phi) is 5.02. The third kappa shape index (κ3) is 3.68. The van der Waals surface area contributed by atoms with E-state index in [4.69, 9.17) is 36.9 Å². The minimum absolute atomic E-state index is 0.172. The van der Waals surface area contributed by atoms with Gasteiger partial charge in [0.1, 0.15) is 11.5 Å². The van der Waals surface area contributed by atoms with E-state index in [2.05, 4.69) is 15.0 Å². The third-order valence-corrected chi connectivity index (χ3v) is 8.25. The highest BCUT2D eigenvalue weighted by Gasteiger charge is 2.46. The highest BCUT2D eigenvalue weighted by molar-refractivity contribution is 6.39. The SMILES string of the molecule is O=c1[nH]c2cc(N3C[C@@H]4C[C@H]3C[C@H]4OCc3c(-c4c(Cl)cccc4Cl)noc3C3CC3)ccc2o1. The number of rotatable bonds is 6. The average molecular weight is 512 g/mol. The number of oxazole rings is 1. The molecule has 180 valence electrons. The maximum absolute atomic E-state index is 11.5. The second-order valence-corrected chi connectivity index (χ2v) is 10.6. The van der Waals surface area contributed by atoms with E-state index >= 15 is 0 Å². The van der Waals surface area contributed by atoms with E-state index in [1.807, 2.05) is 36.4 Å². The molecule has 7 rings (SSSR count). The normalized spacial score (nSPS) is 23.6. The smallest absolute Gasteiger partial charge is 0.408 e. The van der Waals surface area contributed by atoms with Crippen LogP contribution in [0.1, 0.15) is 42.9 Å². The molecule has 4 aromatic rings. The predicted octanol–water partition coefficient (Wildman–Crippen LogP) is 6.14. The number of hydrogen-bond acceptors (Lipinski definition) is 6. The summed E-state index contributed by atoms with van der Waals surface area (Å²) in [5.74, 6) is 1.32. The number of anilines is 1. The molecule has 7 nitrogen and oxygen atoms in total. The lowest BCUT2D eigenvalue weighted by Crippen LogP contribution is -2.38. The van der Waals surface area contributed by atoms with Crippen molar-refractivity contribution in [3.05, 3.63) is 68.3 Å². The van der Waals surface area contributed by atoms with Crippen molar-refractivity contribution >= 4 is 40.0 Å². The van der Waals surface area contributed by atoms with Crippen molar-refractivity contribution in [1.82, 2.24) is 10.1 Å². The highest BCUT2D eigenvalue weighted by Crippen LogP contribution is 2.47. The molecule has 9 heteroatoms. The topological polar surface area (TPSA) is 84.5 Å². The summed E-state index contributed by atoms with van der Waals surface area (Å²) in [5, 5.41) is 5.49. The summed E-state index contributed by atoms with van der Waals surface area (Å²) in [7, 11) is 0. The van der Waals surface area contributed by atoms with Crippen LogP contribution in [0.4, 0.5) is 5.69 Å². The molecule has 3 atom stereocenters. The summed E-state index contributed by atoms with van der Waals surface area (Å²) in [6.45, 7) is 1.35. The van der Waals surface area contributed by atoms with Gasteiger partial charge in [-0.2, -0.15) is 0 Å². The summed E-state index contributed by atoms with van der Waals surface area (Å²) in [4.78, 5) is 16.7. The van der Waals surface area contributed by atoms with Gasteiger partial charge in [-0.3, -0.25) is 4.98 Å². The molecule has 0 unspecified atom stereocenters. The number of piperidine rings is 1. The van der Waals surface area contributed by atoms with Crippen LogP contribution in [0.15, 0.2) is 50.1 Å². The van der Waals surface area contributed by atoms with Gasteiger partial charge in [0.05, 0.1) is 28.3 Å². The molecule has 2 bridgehead atoms. The van der Waals surface area contributed by atoms with Crippen LogP contribution in [0.25, 0.3) is 22.4 Å². The van der Waals surface area contributed by atoms with E-state index in [-0.39, 0.29) is 6.10 Å². The van der Waals surface area contributed by atoms with Crippen LogP contribution in [-0.2, 0) is 11.3 Å². The number of benzene rings is 2. The van der Waals surface area contributed by atoms with Crippen molar-refractivity contribution in [2.75, 3.05) is 11.4 Å². The van der Waals surface area contributed by atoms with Gasteiger partial charge in [0.2, 0.25) is 0 Å². The van der Waals surface area contributed by atoms with Gasteiger partial charge in [-0.05, 0) is 56.0 Å². The van der Waals surface area contributed by atoms with Gasteiger partial charge < -0.3 is 18.6 Å². The molecule has 0 amide bonds. The van der Waals surface area contributed by atoms with E-state index in [0.717, 1.165) is 54.8 Å². The first-order valence-corrected chi connectivity index (χ1v) is 12.7. The number of aromatic nitrogens is 2. The maximum atomic E-state index is 11.5. The third-order valence-electron chi connectivity index (χ3n) is 7.62. The molecule has 35 heavy (non-hydrogen) atoms. The number of halogens is 2. The van der Waals surface area contributed by atoms with Crippen LogP contribution in [-0.4, -0.2) is 28.8 Å². The number of nitrogens with zero attached hydrogens (tertiary/aromatic N) is 2. The molecule has 3 aliphatic rings. The Labute approximate surface area is 210 Å². The molecule has 0 spiro atoms. The minimum atomic E-state index is -0.426. The zero-order chi connectivity index (χ0) is 23.7. The number of ether oxygens (including phenoxy) is 1. The van der Waals surface area contributed by atoms with Gasteiger partial charge in [0.25, 0.3) is 0 Å². The van der Waals surface area contributed by atoms with Gasteiger partial charge in [0, 0.05) is 41.2 Å². The van der Waals surface area contributed by atoms with Crippen LogP contribution < -0.4 is 10.7 Å². The first-order chi connectivity index (χ1) is 17.0. The Morgan fingerprint density at radius 2 is 1.97 bits per heavy atom. The number of hydrogen-bond donors (Lipinski definition) is 1. The summed E-state index contributed by atoms with van der Waals surface area (Å²) in [6.07, 6.45) is 4.43. The molecule has 1 N–H and O–H groups in total. The maximum Gasteiger partial charge on any atom is 0.417 e. The molecule has 2 aromatic carbocycles. The van der Waals surface area contributed by atoms with Gasteiger partial charge in [-0.1, -0.05) is 34.4 Å². The van der Waals surface area contributed by atoms with E-state index < -0.39 is 5.76 Å². The van der Waals surface area contributed by atoms with Gasteiger partial charge >= 0.3 is 5.76 Å². The fourth-order valence-corrected chi connectivity index (χ4v) is 6.36. The molecule has 3 fully saturated rings. The van der Waals surface area contributed by atoms with Crippen LogP contribution in [0.5, 0.6) is 0 Å². The second kappa shape index (κ2) is 8.15. The number of H-pyrrole nitrogens is 1. The van der Waals surface area contributed by atoms with E-state index in [1.54, 1.807) is 0 Å². The largest absolute Gasteiger partial charge is 0.417 e. The lowest BCUT2D eigenvalue weighted by molar-refractivity contribution is 0.0123. The standard InChI is InChI=1S/C26H23Cl2N3O4/c27-18-2-1-3-19(28)23(18)24-17(25(35-30-24)13-4-5-13)12-33-22-10-16-8-14(22)11-31(16)15-6-7-21-20(9-15)29-26(32)34-21/h1-3,6-7,9,13-14,16,22H,4-5,8,10-12H2,(H,29,32)/t14-,16-,22+/m0/s1. The van der Waals surface area contributed by atoms with Crippen molar-refractivity contribution in [1.29, 1.82) is 0 Å². The molecule has 1 aliphatic heterocycles. The van der Waals surface area contributed by atoms with Crippen molar-refractivity contribution in [2.24, 2.45) is 5.92 Å². The fourth-order valence-electron chi connectivity index (χ4n) is 5.78. The van der Waals surface area contributed by atoms with Crippen LogP contribution in [0.2, 0.25) is 10.0 Å². The van der Waals surface area contributed by atoms with Crippen molar-refractivity contribution in [2.45, 2.75) is 50.4 Å². The number of aromatic amines is 1.